The van der Waals surface area contributed by atoms with Gasteiger partial charge in [-0.05, 0) is 61.3 Å². The predicted octanol–water partition coefficient (Wildman–Crippen LogP) is 4.97. The van der Waals surface area contributed by atoms with Gasteiger partial charge in [0.25, 0.3) is 0 Å². The predicted molar refractivity (Wildman–Crippen MR) is 95.4 cm³/mol. The van der Waals surface area contributed by atoms with E-state index in [0.717, 1.165) is 32.1 Å². The van der Waals surface area contributed by atoms with Crippen LogP contribution in [0.3, 0.4) is 0 Å². The average molecular weight is 328 g/mol. The SMILES string of the molecule is C[C@H]1C[C@H]2C(=O)C=C3C(CC[C@]4(C)C(=O)CC[C@@]34C)[C@@]2(C)C[C@@H]1C. The summed E-state index contributed by atoms with van der Waals surface area (Å²) in [6.07, 6.45) is 7.94. The first-order valence-electron chi connectivity index (χ1n) is 9.93. The fraction of sp³-hybridized carbons (Fsp3) is 0.818. The lowest BCUT2D eigenvalue weighted by molar-refractivity contribution is -0.138. The zero-order valence-electron chi connectivity index (χ0n) is 15.9. The molecular weight excluding hydrogens is 296 g/mol. The molecule has 132 valence electrons. The van der Waals surface area contributed by atoms with Crippen LogP contribution in [-0.4, -0.2) is 11.6 Å². The van der Waals surface area contributed by atoms with Crippen molar-refractivity contribution >= 4 is 11.6 Å². The van der Waals surface area contributed by atoms with Crippen molar-refractivity contribution in [1.29, 1.82) is 0 Å². The lowest BCUT2D eigenvalue weighted by atomic mass is 9.43. The number of ketones is 2. The summed E-state index contributed by atoms with van der Waals surface area (Å²) in [4.78, 5) is 25.7. The van der Waals surface area contributed by atoms with Gasteiger partial charge in [-0.15, -0.1) is 0 Å². The van der Waals surface area contributed by atoms with Crippen LogP contribution >= 0.6 is 0 Å². The molecule has 2 heteroatoms. The molecule has 0 aliphatic heterocycles. The van der Waals surface area contributed by atoms with E-state index in [2.05, 4.69) is 34.6 Å². The minimum absolute atomic E-state index is 0.0943. The van der Waals surface area contributed by atoms with Crippen LogP contribution in [0.15, 0.2) is 11.6 Å². The Hall–Kier alpha value is -0.920. The molecular formula is C22H32O2. The number of carbonyl (C=O) groups excluding carboxylic acids is 2. The molecule has 3 fully saturated rings. The first kappa shape index (κ1) is 16.5. The summed E-state index contributed by atoms with van der Waals surface area (Å²) >= 11 is 0. The zero-order chi connectivity index (χ0) is 17.5. The molecule has 0 aromatic carbocycles. The number of hydrogen-bond donors (Lipinski definition) is 0. The minimum atomic E-state index is -0.244. The number of carbonyl (C=O) groups is 2. The summed E-state index contributed by atoms with van der Waals surface area (Å²) in [6.45, 7) is 11.5. The molecule has 4 rings (SSSR count). The molecule has 0 aromatic rings. The molecule has 0 spiro atoms. The number of allylic oxidation sites excluding steroid dienone is 2. The van der Waals surface area contributed by atoms with Crippen molar-refractivity contribution in [3.05, 3.63) is 11.6 Å². The third-order valence-corrected chi connectivity index (χ3v) is 9.20. The Labute approximate surface area is 146 Å². The Morgan fingerprint density at radius 3 is 2.38 bits per heavy atom. The van der Waals surface area contributed by atoms with Crippen LogP contribution < -0.4 is 0 Å². The maximum atomic E-state index is 13.1. The van der Waals surface area contributed by atoms with Crippen LogP contribution in [-0.2, 0) is 9.59 Å². The van der Waals surface area contributed by atoms with Crippen LogP contribution in [0, 0.1) is 39.9 Å². The molecule has 1 unspecified atom stereocenters. The summed E-state index contributed by atoms with van der Waals surface area (Å²) < 4.78 is 0. The molecule has 4 aliphatic rings. The Kier molecular flexibility index (Phi) is 3.33. The monoisotopic (exact) mass is 328 g/mol. The first-order chi connectivity index (χ1) is 11.1. The highest BCUT2D eigenvalue weighted by molar-refractivity contribution is 5.96. The second kappa shape index (κ2) is 4.83. The molecule has 0 bridgehead atoms. The van der Waals surface area contributed by atoms with E-state index in [1.54, 1.807) is 0 Å². The molecule has 24 heavy (non-hydrogen) atoms. The summed E-state index contributed by atoms with van der Waals surface area (Å²) in [5.74, 6) is 2.80. The molecule has 2 nitrogen and oxygen atoms in total. The minimum Gasteiger partial charge on any atom is -0.299 e. The van der Waals surface area contributed by atoms with Crippen LogP contribution in [0.4, 0.5) is 0 Å². The van der Waals surface area contributed by atoms with Gasteiger partial charge < -0.3 is 0 Å². The summed E-state index contributed by atoms with van der Waals surface area (Å²) in [5.41, 5.74) is 1.10. The normalized spacial score (nSPS) is 54.0. The Bertz CT molecular complexity index is 646. The van der Waals surface area contributed by atoms with Crippen molar-refractivity contribution in [2.75, 3.05) is 0 Å². The second-order valence-corrected chi connectivity index (χ2v) is 10.1. The number of fused-ring (bicyclic) bond motifs is 5. The molecule has 0 N–H and O–H groups in total. The smallest absolute Gasteiger partial charge is 0.159 e. The summed E-state index contributed by atoms with van der Waals surface area (Å²) in [7, 11) is 0. The zero-order valence-corrected chi connectivity index (χ0v) is 15.9. The van der Waals surface area contributed by atoms with Crippen molar-refractivity contribution in [1.82, 2.24) is 0 Å². The van der Waals surface area contributed by atoms with E-state index in [9.17, 15) is 9.59 Å². The molecule has 0 heterocycles. The van der Waals surface area contributed by atoms with E-state index in [4.69, 9.17) is 0 Å². The van der Waals surface area contributed by atoms with Gasteiger partial charge in [0, 0.05) is 23.2 Å². The average Bonchev–Trinajstić information content (AvgIpc) is 2.75. The third kappa shape index (κ3) is 1.78. The fourth-order valence-electron chi connectivity index (χ4n) is 7.01. The van der Waals surface area contributed by atoms with Gasteiger partial charge >= 0.3 is 0 Å². The molecule has 0 aromatic heterocycles. The van der Waals surface area contributed by atoms with Gasteiger partial charge in [0.05, 0.1) is 0 Å². The van der Waals surface area contributed by atoms with Crippen LogP contribution in [0.5, 0.6) is 0 Å². The van der Waals surface area contributed by atoms with E-state index in [1.165, 1.54) is 5.57 Å². The van der Waals surface area contributed by atoms with Crippen molar-refractivity contribution in [3.63, 3.8) is 0 Å². The highest BCUT2D eigenvalue weighted by atomic mass is 16.1. The molecule has 0 radical (unpaired) electrons. The third-order valence-electron chi connectivity index (χ3n) is 9.20. The maximum absolute atomic E-state index is 13.1. The Morgan fingerprint density at radius 1 is 0.958 bits per heavy atom. The standard InChI is InChI=1S/C22H32O2/c1-13-10-17-18(23)11-16-15(20(17,3)12-14(13)2)6-8-22(5)19(24)7-9-21(16,22)4/h11,13-15,17H,6-10,12H2,1-5H3/t13-,14-,15?,17-,20+,21-,22+/m0/s1. The highest BCUT2D eigenvalue weighted by Crippen LogP contribution is 2.68. The van der Waals surface area contributed by atoms with Crippen molar-refractivity contribution in [3.8, 4) is 0 Å². The lowest BCUT2D eigenvalue weighted by Gasteiger charge is -2.60. The van der Waals surface area contributed by atoms with Gasteiger partial charge in [0.15, 0.2) is 5.78 Å². The lowest BCUT2D eigenvalue weighted by Crippen LogP contribution is -2.55. The maximum Gasteiger partial charge on any atom is 0.159 e. The van der Waals surface area contributed by atoms with Crippen LogP contribution in [0.1, 0.15) is 73.1 Å². The molecule has 3 saturated carbocycles. The van der Waals surface area contributed by atoms with Gasteiger partial charge in [0.2, 0.25) is 0 Å². The van der Waals surface area contributed by atoms with Gasteiger partial charge in [0.1, 0.15) is 5.78 Å². The van der Waals surface area contributed by atoms with E-state index in [0.29, 0.717) is 35.7 Å². The highest BCUT2D eigenvalue weighted by Gasteiger charge is 2.64. The molecule has 7 atom stereocenters. The van der Waals surface area contributed by atoms with Crippen molar-refractivity contribution < 1.29 is 9.59 Å². The summed E-state index contributed by atoms with van der Waals surface area (Å²) in [6, 6.07) is 0. The Morgan fingerprint density at radius 2 is 1.67 bits per heavy atom. The molecule has 0 amide bonds. The van der Waals surface area contributed by atoms with E-state index in [-0.39, 0.29) is 22.2 Å². The quantitative estimate of drug-likeness (QED) is 0.629. The van der Waals surface area contributed by atoms with Crippen molar-refractivity contribution in [2.45, 2.75) is 73.1 Å². The second-order valence-electron chi connectivity index (χ2n) is 10.1. The number of Topliss-reactive ketones (excluding diaryl/α,β-unsaturated/α-hetero) is 1. The van der Waals surface area contributed by atoms with Gasteiger partial charge in [-0.2, -0.15) is 0 Å². The van der Waals surface area contributed by atoms with E-state index >= 15 is 0 Å². The largest absolute Gasteiger partial charge is 0.299 e. The van der Waals surface area contributed by atoms with Crippen molar-refractivity contribution in [2.24, 2.45) is 39.9 Å². The number of hydrogen-bond acceptors (Lipinski definition) is 2. The first-order valence-corrected chi connectivity index (χ1v) is 9.93. The van der Waals surface area contributed by atoms with Gasteiger partial charge in [-0.1, -0.05) is 40.2 Å². The van der Waals surface area contributed by atoms with E-state index < -0.39 is 0 Å². The van der Waals surface area contributed by atoms with Crippen LogP contribution in [0.2, 0.25) is 0 Å². The summed E-state index contributed by atoms with van der Waals surface area (Å²) in [5, 5.41) is 0. The number of rotatable bonds is 0. The molecule has 0 saturated heterocycles. The van der Waals surface area contributed by atoms with Crippen LogP contribution in [0.25, 0.3) is 0 Å². The Balaban J connectivity index is 1.83. The van der Waals surface area contributed by atoms with E-state index in [1.807, 2.05) is 6.08 Å². The fourth-order valence-corrected chi connectivity index (χ4v) is 7.01. The van der Waals surface area contributed by atoms with Gasteiger partial charge in [-0.25, -0.2) is 0 Å². The molecule has 4 aliphatic carbocycles. The van der Waals surface area contributed by atoms with Gasteiger partial charge in [-0.3, -0.25) is 9.59 Å². The topological polar surface area (TPSA) is 34.1 Å².